The molecule has 1 N–H and O–H groups in total. The second-order valence-corrected chi connectivity index (χ2v) is 5.72. The second kappa shape index (κ2) is 6.37. The molecule has 0 saturated carbocycles. The van der Waals surface area contributed by atoms with Gasteiger partial charge >= 0.3 is 0 Å². The maximum Gasteiger partial charge on any atom is 0.253 e. The summed E-state index contributed by atoms with van der Waals surface area (Å²) in [5.41, 5.74) is 2.13. The number of hydrogen-bond donors (Lipinski definition) is 1. The Balaban J connectivity index is 1.61. The summed E-state index contributed by atoms with van der Waals surface area (Å²) < 4.78 is 0. The summed E-state index contributed by atoms with van der Waals surface area (Å²) >= 11 is 0. The molecule has 108 valence electrons. The first kappa shape index (κ1) is 13.6. The molecule has 2 aliphatic heterocycles. The Bertz CT molecular complexity index is 445. The van der Waals surface area contributed by atoms with Crippen molar-refractivity contribution in [3.05, 3.63) is 35.4 Å². The van der Waals surface area contributed by atoms with E-state index in [1.165, 1.54) is 31.5 Å². The third-order valence-corrected chi connectivity index (χ3v) is 4.21. The molecule has 1 amide bonds. The number of nitrogens with one attached hydrogen (secondary N) is 1. The van der Waals surface area contributed by atoms with E-state index in [-0.39, 0.29) is 5.91 Å². The number of hydrogen-bond acceptors (Lipinski definition) is 3. The van der Waals surface area contributed by atoms with E-state index in [4.69, 9.17) is 0 Å². The molecule has 2 saturated heterocycles. The third-order valence-electron chi connectivity index (χ3n) is 4.21. The number of carbonyl (C=O) groups is 1. The molecule has 2 aliphatic rings. The lowest BCUT2D eigenvalue weighted by Gasteiger charge is -2.27. The van der Waals surface area contributed by atoms with E-state index in [0.717, 1.165) is 38.3 Å². The van der Waals surface area contributed by atoms with Gasteiger partial charge in [0.1, 0.15) is 0 Å². The largest absolute Gasteiger partial charge is 0.336 e. The fraction of sp³-hybridized carbons (Fsp3) is 0.562. The van der Waals surface area contributed by atoms with Gasteiger partial charge < -0.3 is 10.2 Å². The van der Waals surface area contributed by atoms with Crippen LogP contribution in [0.5, 0.6) is 0 Å². The summed E-state index contributed by atoms with van der Waals surface area (Å²) in [4.78, 5) is 16.8. The molecule has 1 aromatic rings. The molecule has 2 fully saturated rings. The zero-order chi connectivity index (χ0) is 13.8. The first-order valence-corrected chi connectivity index (χ1v) is 7.64. The van der Waals surface area contributed by atoms with Gasteiger partial charge in [0.25, 0.3) is 5.91 Å². The molecular formula is C16H23N3O. The van der Waals surface area contributed by atoms with Crippen LogP contribution in [0.25, 0.3) is 0 Å². The molecule has 0 atom stereocenters. The molecule has 2 heterocycles. The molecule has 4 nitrogen and oxygen atoms in total. The number of carbonyl (C=O) groups excluding carboxylic acids is 1. The van der Waals surface area contributed by atoms with Gasteiger partial charge in [-0.05, 0) is 43.6 Å². The molecule has 0 unspecified atom stereocenters. The van der Waals surface area contributed by atoms with Gasteiger partial charge in [-0.1, -0.05) is 12.1 Å². The fourth-order valence-corrected chi connectivity index (χ4v) is 3.00. The summed E-state index contributed by atoms with van der Waals surface area (Å²) in [7, 11) is 0. The first-order chi connectivity index (χ1) is 9.83. The first-order valence-electron chi connectivity index (χ1n) is 7.64. The van der Waals surface area contributed by atoms with Crippen LogP contribution in [0, 0.1) is 0 Å². The maximum absolute atomic E-state index is 12.3. The minimum Gasteiger partial charge on any atom is -0.336 e. The highest BCUT2D eigenvalue weighted by Crippen LogP contribution is 2.14. The van der Waals surface area contributed by atoms with Crippen LogP contribution < -0.4 is 5.32 Å². The van der Waals surface area contributed by atoms with Crippen LogP contribution in [0.3, 0.4) is 0 Å². The number of benzene rings is 1. The summed E-state index contributed by atoms with van der Waals surface area (Å²) in [6, 6.07) is 8.17. The van der Waals surface area contributed by atoms with Crippen LogP contribution in [0.4, 0.5) is 0 Å². The number of nitrogens with zero attached hydrogens (tertiary/aromatic N) is 2. The van der Waals surface area contributed by atoms with Gasteiger partial charge in [-0.2, -0.15) is 0 Å². The summed E-state index contributed by atoms with van der Waals surface area (Å²) in [6.45, 7) is 6.87. The Hall–Kier alpha value is -1.39. The Labute approximate surface area is 120 Å². The Morgan fingerprint density at radius 1 is 1.00 bits per heavy atom. The highest BCUT2D eigenvalue weighted by Gasteiger charge is 2.18. The van der Waals surface area contributed by atoms with Crippen LogP contribution in [0.2, 0.25) is 0 Å². The predicted octanol–water partition coefficient (Wildman–Crippen LogP) is 1.33. The molecule has 0 aliphatic carbocycles. The van der Waals surface area contributed by atoms with E-state index >= 15 is 0 Å². The zero-order valence-electron chi connectivity index (χ0n) is 12.0. The fourth-order valence-electron chi connectivity index (χ4n) is 3.00. The normalized spacial score (nSPS) is 20.3. The molecule has 1 aromatic carbocycles. The number of amides is 1. The van der Waals surface area contributed by atoms with Crippen molar-refractivity contribution in [3.63, 3.8) is 0 Å². The van der Waals surface area contributed by atoms with Crippen LogP contribution in [-0.4, -0.2) is 55.0 Å². The smallest absolute Gasteiger partial charge is 0.253 e. The molecule has 0 aromatic heterocycles. The van der Waals surface area contributed by atoms with E-state index in [9.17, 15) is 4.79 Å². The zero-order valence-corrected chi connectivity index (χ0v) is 12.0. The molecule has 0 bridgehead atoms. The lowest BCUT2D eigenvalue weighted by molar-refractivity contribution is 0.0736. The second-order valence-electron chi connectivity index (χ2n) is 5.72. The van der Waals surface area contributed by atoms with Crippen molar-refractivity contribution in [1.29, 1.82) is 0 Å². The average Bonchev–Trinajstić information content (AvgIpc) is 3.01. The maximum atomic E-state index is 12.3. The van der Waals surface area contributed by atoms with Crippen molar-refractivity contribution in [2.75, 3.05) is 39.3 Å². The monoisotopic (exact) mass is 273 g/mol. The minimum atomic E-state index is 0.166. The molecule has 3 rings (SSSR count). The molecule has 0 radical (unpaired) electrons. The highest BCUT2D eigenvalue weighted by atomic mass is 16.2. The van der Waals surface area contributed by atoms with Crippen molar-refractivity contribution in [2.45, 2.75) is 19.4 Å². The van der Waals surface area contributed by atoms with Gasteiger partial charge in [-0.25, -0.2) is 0 Å². The Morgan fingerprint density at radius 2 is 1.65 bits per heavy atom. The molecule has 20 heavy (non-hydrogen) atoms. The van der Waals surface area contributed by atoms with E-state index in [1.54, 1.807) is 0 Å². The lowest BCUT2D eigenvalue weighted by atomic mass is 10.1. The van der Waals surface area contributed by atoms with Crippen LogP contribution in [0.1, 0.15) is 28.8 Å². The van der Waals surface area contributed by atoms with Crippen molar-refractivity contribution < 1.29 is 4.79 Å². The Kier molecular flexibility index (Phi) is 4.33. The highest BCUT2D eigenvalue weighted by molar-refractivity contribution is 5.94. The van der Waals surface area contributed by atoms with Crippen molar-refractivity contribution in [1.82, 2.24) is 15.1 Å². The van der Waals surface area contributed by atoms with E-state index in [0.29, 0.717) is 0 Å². The quantitative estimate of drug-likeness (QED) is 0.902. The van der Waals surface area contributed by atoms with E-state index < -0.39 is 0 Å². The number of likely N-dealkylation sites (tertiary alicyclic amines) is 1. The van der Waals surface area contributed by atoms with Gasteiger partial charge in [0.15, 0.2) is 0 Å². The molecular weight excluding hydrogens is 250 g/mol. The Morgan fingerprint density at radius 3 is 2.30 bits per heavy atom. The number of piperazine rings is 1. The van der Waals surface area contributed by atoms with Crippen LogP contribution in [0.15, 0.2) is 24.3 Å². The topological polar surface area (TPSA) is 35.6 Å². The van der Waals surface area contributed by atoms with Crippen LogP contribution in [-0.2, 0) is 6.54 Å². The van der Waals surface area contributed by atoms with Gasteiger partial charge in [0.2, 0.25) is 0 Å². The molecule has 4 heteroatoms. The van der Waals surface area contributed by atoms with E-state index in [2.05, 4.69) is 22.3 Å². The molecule has 0 spiro atoms. The SMILES string of the molecule is O=C(c1ccc(CN2CCCC2)cc1)N1CCNCC1. The standard InChI is InChI=1S/C16H23N3O/c20-16(19-11-7-17-8-12-19)15-5-3-14(4-6-15)13-18-9-1-2-10-18/h3-6,17H,1-2,7-13H2. The lowest BCUT2D eigenvalue weighted by Crippen LogP contribution is -2.46. The number of rotatable bonds is 3. The third kappa shape index (κ3) is 3.19. The average molecular weight is 273 g/mol. The summed E-state index contributed by atoms with van der Waals surface area (Å²) in [6.07, 6.45) is 2.64. The van der Waals surface area contributed by atoms with Gasteiger partial charge in [0.05, 0.1) is 0 Å². The van der Waals surface area contributed by atoms with Gasteiger partial charge in [-0.15, -0.1) is 0 Å². The van der Waals surface area contributed by atoms with Gasteiger partial charge in [0, 0.05) is 38.3 Å². The van der Waals surface area contributed by atoms with Crippen LogP contribution >= 0.6 is 0 Å². The minimum absolute atomic E-state index is 0.166. The van der Waals surface area contributed by atoms with Crippen molar-refractivity contribution in [3.8, 4) is 0 Å². The van der Waals surface area contributed by atoms with Crippen molar-refractivity contribution in [2.24, 2.45) is 0 Å². The van der Waals surface area contributed by atoms with Gasteiger partial charge in [-0.3, -0.25) is 9.69 Å². The summed E-state index contributed by atoms with van der Waals surface area (Å²) in [5.74, 6) is 0.166. The predicted molar refractivity (Wildman–Crippen MR) is 79.7 cm³/mol. The van der Waals surface area contributed by atoms with Crippen molar-refractivity contribution >= 4 is 5.91 Å². The summed E-state index contributed by atoms with van der Waals surface area (Å²) in [5, 5.41) is 3.27. The van der Waals surface area contributed by atoms with E-state index in [1.807, 2.05) is 17.0 Å².